The first-order chi connectivity index (χ1) is 13.0. The van der Waals surface area contributed by atoms with Gasteiger partial charge >= 0.3 is 0 Å². The van der Waals surface area contributed by atoms with Gasteiger partial charge in [-0.1, -0.05) is 25.4 Å². The Morgan fingerprint density at radius 1 is 1.11 bits per heavy atom. The molecular formula is C21H34ClN3O2. The predicted molar refractivity (Wildman–Crippen MR) is 116 cm³/mol. The van der Waals surface area contributed by atoms with Crippen LogP contribution < -0.4 is 5.32 Å². The van der Waals surface area contributed by atoms with Crippen molar-refractivity contribution in [2.24, 2.45) is 0 Å². The van der Waals surface area contributed by atoms with E-state index in [4.69, 9.17) is 21.8 Å². The van der Waals surface area contributed by atoms with Gasteiger partial charge in [-0.05, 0) is 70.1 Å². The highest BCUT2D eigenvalue weighted by molar-refractivity contribution is 6.31. The number of anilines is 1. The molecule has 5 nitrogen and oxygen atoms in total. The SMILES string of the molecule is CCN(CC)CCCC(C)Nc1ccnc2cc(Cl)ccc12.OCCCO. The van der Waals surface area contributed by atoms with Crippen LogP contribution in [0.5, 0.6) is 0 Å². The molecular weight excluding hydrogens is 362 g/mol. The van der Waals surface area contributed by atoms with Crippen molar-refractivity contribution in [2.75, 3.05) is 38.2 Å². The highest BCUT2D eigenvalue weighted by Crippen LogP contribution is 2.25. The molecule has 0 aliphatic rings. The molecule has 0 spiro atoms. The van der Waals surface area contributed by atoms with E-state index >= 15 is 0 Å². The van der Waals surface area contributed by atoms with Crippen LogP contribution in [0.1, 0.15) is 40.0 Å². The van der Waals surface area contributed by atoms with Gasteiger partial charge in [-0.15, -0.1) is 0 Å². The minimum atomic E-state index is 0.0938. The average molecular weight is 396 g/mol. The fourth-order valence-electron chi connectivity index (χ4n) is 2.82. The Labute approximate surface area is 168 Å². The summed E-state index contributed by atoms with van der Waals surface area (Å²) in [5.41, 5.74) is 2.07. The van der Waals surface area contributed by atoms with Crippen LogP contribution in [0.25, 0.3) is 10.9 Å². The summed E-state index contributed by atoms with van der Waals surface area (Å²) in [4.78, 5) is 6.86. The van der Waals surface area contributed by atoms with Gasteiger partial charge < -0.3 is 20.4 Å². The first-order valence-electron chi connectivity index (χ1n) is 9.80. The van der Waals surface area contributed by atoms with Gasteiger partial charge in [-0.3, -0.25) is 4.98 Å². The van der Waals surface area contributed by atoms with Gasteiger partial charge in [-0.2, -0.15) is 0 Å². The van der Waals surface area contributed by atoms with E-state index in [9.17, 15) is 0 Å². The van der Waals surface area contributed by atoms with E-state index in [1.165, 1.54) is 13.0 Å². The molecule has 0 amide bonds. The van der Waals surface area contributed by atoms with Crippen molar-refractivity contribution in [3.63, 3.8) is 0 Å². The minimum absolute atomic E-state index is 0.0938. The zero-order valence-electron chi connectivity index (χ0n) is 16.8. The molecule has 6 heteroatoms. The zero-order chi connectivity index (χ0) is 20.1. The summed E-state index contributed by atoms with van der Waals surface area (Å²) in [6, 6.07) is 8.35. The Kier molecular flexibility index (Phi) is 12.0. The highest BCUT2D eigenvalue weighted by atomic mass is 35.5. The first-order valence-corrected chi connectivity index (χ1v) is 10.2. The molecule has 2 rings (SSSR count). The van der Waals surface area contributed by atoms with Crippen molar-refractivity contribution in [1.29, 1.82) is 0 Å². The molecule has 1 atom stereocenters. The maximum Gasteiger partial charge on any atom is 0.0737 e. The lowest BCUT2D eigenvalue weighted by atomic mass is 10.1. The Balaban J connectivity index is 0.000000646. The number of rotatable bonds is 10. The molecule has 0 radical (unpaired) electrons. The monoisotopic (exact) mass is 395 g/mol. The van der Waals surface area contributed by atoms with Crippen LogP contribution in [0.2, 0.25) is 5.02 Å². The number of aliphatic hydroxyl groups excluding tert-OH is 2. The number of hydrogen-bond donors (Lipinski definition) is 3. The second kappa shape index (κ2) is 13.7. The Morgan fingerprint density at radius 3 is 2.41 bits per heavy atom. The van der Waals surface area contributed by atoms with E-state index in [1.54, 1.807) is 0 Å². The van der Waals surface area contributed by atoms with Crippen LogP contribution in [0.4, 0.5) is 5.69 Å². The van der Waals surface area contributed by atoms with Crippen LogP contribution in [0.15, 0.2) is 30.5 Å². The molecule has 3 N–H and O–H groups in total. The van der Waals surface area contributed by atoms with Crippen molar-refractivity contribution < 1.29 is 10.2 Å². The smallest absolute Gasteiger partial charge is 0.0737 e. The fourth-order valence-corrected chi connectivity index (χ4v) is 2.98. The summed E-state index contributed by atoms with van der Waals surface area (Å²) >= 11 is 6.04. The van der Waals surface area contributed by atoms with Gasteiger partial charge in [0, 0.05) is 41.5 Å². The Bertz CT molecular complexity index is 648. The number of benzene rings is 1. The van der Waals surface area contributed by atoms with E-state index in [0.29, 0.717) is 12.5 Å². The molecule has 1 aromatic carbocycles. The lowest BCUT2D eigenvalue weighted by molar-refractivity contribution is 0.221. The van der Waals surface area contributed by atoms with Crippen molar-refractivity contribution in [3.05, 3.63) is 35.5 Å². The second-order valence-electron chi connectivity index (χ2n) is 6.54. The molecule has 0 aliphatic heterocycles. The Morgan fingerprint density at radius 2 is 1.81 bits per heavy atom. The summed E-state index contributed by atoms with van der Waals surface area (Å²) in [7, 11) is 0. The molecule has 152 valence electrons. The number of pyridine rings is 1. The summed E-state index contributed by atoms with van der Waals surface area (Å²) in [6.45, 7) is 10.3. The van der Waals surface area contributed by atoms with Gasteiger partial charge in [-0.25, -0.2) is 0 Å². The van der Waals surface area contributed by atoms with E-state index < -0.39 is 0 Å². The molecule has 1 aromatic heterocycles. The number of halogens is 1. The molecule has 0 aliphatic carbocycles. The average Bonchev–Trinajstić information content (AvgIpc) is 2.66. The van der Waals surface area contributed by atoms with Gasteiger partial charge in [0.2, 0.25) is 0 Å². The number of fused-ring (bicyclic) bond motifs is 1. The maximum absolute atomic E-state index is 7.91. The first kappa shape index (κ1) is 23.6. The topological polar surface area (TPSA) is 68.6 Å². The van der Waals surface area contributed by atoms with Gasteiger partial charge in [0.1, 0.15) is 0 Å². The van der Waals surface area contributed by atoms with E-state index in [-0.39, 0.29) is 13.2 Å². The molecule has 0 fully saturated rings. The van der Waals surface area contributed by atoms with Crippen LogP contribution in [-0.4, -0.2) is 59.0 Å². The maximum atomic E-state index is 7.91. The lowest BCUT2D eigenvalue weighted by Crippen LogP contribution is -2.25. The van der Waals surface area contributed by atoms with Crippen LogP contribution in [0.3, 0.4) is 0 Å². The summed E-state index contributed by atoms with van der Waals surface area (Å²) < 4.78 is 0. The van der Waals surface area contributed by atoms with Gasteiger partial charge in [0.25, 0.3) is 0 Å². The standard InChI is InChI=1S/C18H26ClN3.C3H8O2/c1-4-22(5-2)12-6-7-14(3)21-17-10-11-20-18-13-15(19)8-9-16(17)18;4-2-1-3-5/h8-11,13-14H,4-7,12H2,1-3H3,(H,20,21);4-5H,1-3H2. The van der Waals surface area contributed by atoms with Crippen molar-refractivity contribution in [3.8, 4) is 0 Å². The quantitative estimate of drug-likeness (QED) is 0.563. The second-order valence-corrected chi connectivity index (χ2v) is 6.97. The number of aromatic nitrogens is 1. The number of hydrogen-bond acceptors (Lipinski definition) is 5. The van der Waals surface area contributed by atoms with Crippen LogP contribution in [0, 0.1) is 0 Å². The third-order valence-electron chi connectivity index (χ3n) is 4.43. The van der Waals surface area contributed by atoms with E-state index in [0.717, 1.165) is 41.1 Å². The molecule has 27 heavy (non-hydrogen) atoms. The minimum Gasteiger partial charge on any atom is -0.396 e. The number of aliphatic hydroxyl groups is 2. The van der Waals surface area contributed by atoms with Crippen LogP contribution in [-0.2, 0) is 0 Å². The summed E-state index contributed by atoms with van der Waals surface area (Å²) in [6.07, 6.45) is 4.71. The molecule has 0 saturated carbocycles. The predicted octanol–water partition coefficient (Wildman–Crippen LogP) is 4.17. The molecule has 2 aromatic rings. The molecule has 1 heterocycles. The van der Waals surface area contributed by atoms with Gasteiger partial charge in [0.15, 0.2) is 0 Å². The zero-order valence-corrected chi connectivity index (χ0v) is 17.5. The van der Waals surface area contributed by atoms with Crippen molar-refractivity contribution in [1.82, 2.24) is 9.88 Å². The normalized spacial score (nSPS) is 12.0. The highest BCUT2D eigenvalue weighted by Gasteiger charge is 2.07. The van der Waals surface area contributed by atoms with Crippen LogP contribution >= 0.6 is 11.6 Å². The summed E-state index contributed by atoms with van der Waals surface area (Å²) in [5, 5.41) is 21.3. The summed E-state index contributed by atoms with van der Waals surface area (Å²) in [5.74, 6) is 0. The molecule has 0 saturated heterocycles. The van der Waals surface area contributed by atoms with Crippen molar-refractivity contribution in [2.45, 2.75) is 46.1 Å². The molecule has 0 bridgehead atoms. The third-order valence-corrected chi connectivity index (χ3v) is 4.66. The van der Waals surface area contributed by atoms with Gasteiger partial charge in [0.05, 0.1) is 5.52 Å². The fraction of sp³-hybridized carbons (Fsp3) is 0.571. The third kappa shape index (κ3) is 8.89. The number of nitrogens with zero attached hydrogens (tertiary/aromatic N) is 2. The Hall–Kier alpha value is -1.40. The van der Waals surface area contributed by atoms with E-state index in [2.05, 4.69) is 36.0 Å². The lowest BCUT2D eigenvalue weighted by Gasteiger charge is -2.20. The van der Waals surface area contributed by atoms with Crippen molar-refractivity contribution >= 4 is 28.2 Å². The largest absolute Gasteiger partial charge is 0.396 e. The number of nitrogens with one attached hydrogen (secondary N) is 1. The molecule has 1 unspecified atom stereocenters. The van der Waals surface area contributed by atoms with E-state index in [1.807, 2.05) is 30.5 Å².